The van der Waals surface area contributed by atoms with Crippen molar-refractivity contribution in [1.29, 1.82) is 0 Å². The maximum Gasteiger partial charge on any atom is 0.248 e. The van der Waals surface area contributed by atoms with Crippen LogP contribution in [0.2, 0.25) is 0 Å². The van der Waals surface area contributed by atoms with Crippen molar-refractivity contribution in [1.82, 2.24) is 9.88 Å². The zero-order valence-electron chi connectivity index (χ0n) is 19.5. The molecule has 6 heteroatoms. The molecule has 34 heavy (non-hydrogen) atoms. The molecule has 5 rings (SSSR count). The Kier molecular flexibility index (Phi) is 5.92. The van der Waals surface area contributed by atoms with Gasteiger partial charge in [0.15, 0.2) is 0 Å². The second-order valence-corrected chi connectivity index (χ2v) is 9.71. The first-order chi connectivity index (χ1) is 16.5. The van der Waals surface area contributed by atoms with Gasteiger partial charge in [-0.3, -0.25) is 14.5 Å². The predicted molar refractivity (Wildman–Crippen MR) is 138 cm³/mol. The summed E-state index contributed by atoms with van der Waals surface area (Å²) in [5.41, 5.74) is 5.75. The highest BCUT2D eigenvalue weighted by Gasteiger charge is 2.40. The van der Waals surface area contributed by atoms with E-state index in [1.54, 1.807) is 4.90 Å². The molecule has 1 N–H and O–H groups in total. The number of amides is 2. The molecule has 0 spiro atoms. The lowest BCUT2D eigenvalue weighted by atomic mass is 10.00. The van der Waals surface area contributed by atoms with Crippen LogP contribution >= 0.6 is 11.8 Å². The van der Waals surface area contributed by atoms with Gasteiger partial charge in [0.05, 0.1) is 10.8 Å². The van der Waals surface area contributed by atoms with Crippen LogP contribution in [0.5, 0.6) is 0 Å². The summed E-state index contributed by atoms with van der Waals surface area (Å²) >= 11 is 1.51. The number of carbonyl (C=O) groups excluding carboxylic acids is 2. The minimum atomic E-state index is -0.771. The topological polar surface area (TPSA) is 54.3 Å². The van der Waals surface area contributed by atoms with Gasteiger partial charge in [0.2, 0.25) is 11.8 Å². The predicted octanol–water partition coefficient (Wildman–Crippen LogP) is 5.29. The molecule has 0 saturated carbocycles. The molecular weight excluding hydrogens is 442 g/mol. The molecule has 0 fully saturated rings. The molecule has 0 unspecified atom stereocenters. The van der Waals surface area contributed by atoms with Crippen molar-refractivity contribution >= 4 is 40.2 Å². The highest BCUT2D eigenvalue weighted by molar-refractivity contribution is 8.00. The van der Waals surface area contributed by atoms with Gasteiger partial charge >= 0.3 is 0 Å². The van der Waals surface area contributed by atoms with Gasteiger partial charge in [-0.05, 0) is 42.7 Å². The Morgan fingerprint density at radius 3 is 2.56 bits per heavy atom. The zero-order chi connectivity index (χ0) is 23.8. The summed E-state index contributed by atoms with van der Waals surface area (Å²) in [5, 5.41) is 5.07. The highest BCUT2D eigenvalue weighted by Crippen LogP contribution is 2.44. The molecule has 2 heterocycles. The Hall–Kier alpha value is -3.51. The number of benzene rings is 3. The van der Waals surface area contributed by atoms with Crippen molar-refractivity contribution in [2.75, 3.05) is 10.7 Å². The Balaban J connectivity index is 1.68. The Bertz CT molecular complexity index is 1390. The van der Waals surface area contributed by atoms with E-state index in [0.29, 0.717) is 6.54 Å². The average Bonchev–Trinajstić information content (AvgIpc) is 3.02. The molecule has 0 saturated heterocycles. The average molecular weight is 470 g/mol. The van der Waals surface area contributed by atoms with Gasteiger partial charge < -0.3 is 9.88 Å². The SMILES string of the molecule is Cc1ccc(C)c(N2C(=O)CSc3c(c4ccccc4n3C)[C@@H]2C(=O)NCc2ccccc2)c1. The largest absolute Gasteiger partial charge is 0.350 e. The number of aromatic nitrogens is 1. The van der Waals surface area contributed by atoms with Gasteiger partial charge in [0.1, 0.15) is 6.04 Å². The summed E-state index contributed by atoms with van der Waals surface area (Å²) in [5.74, 6) is 0.0181. The fourth-order valence-corrected chi connectivity index (χ4v) is 5.76. The Morgan fingerprint density at radius 1 is 1.03 bits per heavy atom. The maximum atomic E-state index is 13.9. The van der Waals surface area contributed by atoms with Gasteiger partial charge in [-0.25, -0.2) is 0 Å². The normalized spacial score (nSPS) is 15.8. The molecule has 0 bridgehead atoms. The fraction of sp³-hybridized carbons (Fsp3) is 0.214. The third-order valence-corrected chi connectivity index (χ3v) is 7.56. The minimum absolute atomic E-state index is 0.0705. The standard InChI is InChI=1S/C28H27N3O2S/c1-18-13-14-19(2)23(15-18)31-24(32)17-34-28-25(21-11-7-8-12-22(21)30(28)3)26(31)27(33)29-16-20-9-5-4-6-10-20/h4-15,26H,16-17H2,1-3H3,(H,29,33)/t26-/m1/s1. The first kappa shape index (κ1) is 22.3. The number of rotatable bonds is 4. The van der Waals surface area contributed by atoms with E-state index in [1.165, 1.54) is 11.8 Å². The van der Waals surface area contributed by atoms with E-state index in [4.69, 9.17) is 0 Å². The van der Waals surface area contributed by atoms with Crippen LogP contribution in [0.15, 0.2) is 77.8 Å². The number of anilines is 1. The Labute approximate surface area is 203 Å². The van der Waals surface area contributed by atoms with Crippen LogP contribution in [0.3, 0.4) is 0 Å². The van der Waals surface area contributed by atoms with E-state index >= 15 is 0 Å². The van der Waals surface area contributed by atoms with Gasteiger partial charge in [0.25, 0.3) is 0 Å². The third kappa shape index (κ3) is 3.88. The summed E-state index contributed by atoms with van der Waals surface area (Å²) < 4.78 is 2.10. The molecule has 1 aromatic heterocycles. The van der Waals surface area contributed by atoms with Crippen LogP contribution in [0.25, 0.3) is 10.9 Å². The summed E-state index contributed by atoms with van der Waals surface area (Å²) in [4.78, 5) is 29.3. The van der Waals surface area contributed by atoms with E-state index in [1.807, 2.05) is 87.6 Å². The molecule has 3 aromatic carbocycles. The van der Waals surface area contributed by atoms with Crippen molar-refractivity contribution in [2.24, 2.45) is 7.05 Å². The monoisotopic (exact) mass is 469 g/mol. The number of nitrogens with one attached hydrogen (secondary N) is 1. The lowest BCUT2D eigenvalue weighted by molar-refractivity contribution is -0.125. The molecule has 0 radical (unpaired) electrons. The van der Waals surface area contributed by atoms with E-state index < -0.39 is 6.04 Å². The lowest BCUT2D eigenvalue weighted by Gasteiger charge is -2.31. The maximum absolute atomic E-state index is 13.9. The zero-order valence-corrected chi connectivity index (χ0v) is 20.4. The van der Waals surface area contributed by atoms with Crippen LogP contribution in [0, 0.1) is 13.8 Å². The molecule has 4 aromatic rings. The second kappa shape index (κ2) is 9.03. The Morgan fingerprint density at radius 2 is 1.76 bits per heavy atom. The number of hydrogen-bond donors (Lipinski definition) is 1. The van der Waals surface area contributed by atoms with Crippen molar-refractivity contribution in [3.05, 3.63) is 95.1 Å². The van der Waals surface area contributed by atoms with Crippen molar-refractivity contribution in [3.8, 4) is 0 Å². The van der Waals surface area contributed by atoms with Crippen LogP contribution in [0.1, 0.15) is 28.3 Å². The molecular formula is C28H27N3O2S. The molecule has 1 atom stereocenters. The molecule has 5 nitrogen and oxygen atoms in total. The summed E-state index contributed by atoms with van der Waals surface area (Å²) in [7, 11) is 2.01. The number of carbonyl (C=O) groups is 2. The van der Waals surface area contributed by atoms with Gasteiger partial charge in [-0.15, -0.1) is 0 Å². The van der Waals surface area contributed by atoms with Crippen LogP contribution < -0.4 is 10.2 Å². The van der Waals surface area contributed by atoms with Crippen molar-refractivity contribution in [2.45, 2.75) is 31.5 Å². The summed E-state index contributed by atoms with van der Waals surface area (Å²) in [6, 6.07) is 23.2. The number of para-hydroxylation sites is 1. The van der Waals surface area contributed by atoms with Crippen LogP contribution in [-0.4, -0.2) is 22.1 Å². The molecule has 1 aliphatic rings. The smallest absolute Gasteiger partial charge is 0.248 e. The summed E-state index contributed by atoms with van der Waals surface area (Å²) in [6.07, 6.45) is 0. The highest BCUT2D eigenvalue weighted by atomic mass is 32.2. The third-order valence-electron chi connectivity index (χ3n) is 6.41. The number of aryl methyl sites for hydroxylation is 3. The first-order valence-corrected chi connectivity index (χ1v) is 12.4. The number of thioether (sulfide) groups is 1. The van der Waals surface area contributed by atoms with E-state index in [9.17, 15) is 9.59 Å². The van der Waals surface area contributed by atoms with Crippen molar-refractivity contribution < 1.29 is 9.59 Å². The molecule has 2 amide bonds. The molecule has 1 aliphatic heterocycles. The molecule has 172 valence electrons. The summed E-state index contributed by atoms with van der Waals surface area (Å²) in [6.45, 7) is 4.40. The van der Waals surface area contributed by atoms with Crippen molar-refractivity contribution in [3.63, 3.8) is 0 Å². The number of fused-ring (bicyclic) bond motifs is 3. The quantitative estimate of drug-likeness (QED) is 0.442. The number of hydrogen-bond acceptors (Lipinski definition) is 3. The number of nitrogens with zero attached hydrogens (tertiary/aromatic N) is 2. The van der Waals surface area contributed by atoms with E-state index in [2.05, 4.69) is 16.0 Å². The van der Waals surface area contributed by atoms with Crippen LogP contribution in [0.4, 0.5) is 5.69 Å². The lowest BCUT2D eigenvalue weighted by Crippen LogP contribution is -2.44. The fourth-order valence-electron chi connectivity index (χ4n) is 4.69. The van der Waals surface area contributed by atoms with E-state index in [-0.39, 0.29) is 17.6 Å². The van der Waals surface area contributed by atoms with Gasteiger partial charge in [-0.2, -0.15) is 0 Å². The van der Waals surface area contributed by atoms with E-state index in [0.717, 1.165) is 43.9 Å². The first-order valence-electron chi connectivity index (χ1n) is 11.4. The second-order valence-electron chi connectivity index (χ2n) is 8.74. The van der Waals surface area contributed by atoms with Gasteiger partial charge in [-0.1, -0.05) is 72.4 Å². The molecule has 0 aliphatic carbocycles. The van der Waals surface area contributed by atoms with Crippen LogP contribution in [-0.2, 0) is 23.2 Å². The van der Waals surface area contributed by atoms with Gasteiger partial charge in [0, 0.05) is 35.7 Å². The minimum Gasteiger partial charge on any atom is -0.350 e.